The van der Waals surface area contributed by atoms with E-state index < -0.39 is 84.6 Å². The van der Waals surface area contributed by atoms with Crippen molar-refractivity contribution in [3.8, 4) is 0 Å². The van der Waals surface area contributed by atoms with Crippen LogP contribution in [0.2, 0.25) is 0 Å². The number of thioether (sulfide) groups is 1. The summed E-state index contributed by atoms with van der Waals surface area (Å²) in [5, 5.41) is 26.7. The number of rotatable bonds is 37. The summed E-state index contributed by atoms with van der Waals surface area (Å²) in [7, 11) is -16.4. The van der Waals surface area contributed by atoms with Crippen molar-refractivity contribution in [1.82, 2.24) is 30.2 Å². The number of unbranched alkanes of at least 4 members (excludes halogenated alkanes) is 8. The number of nitrogens with one attached hydrogen (secondary N) is 2. The number of aliphatic hydroxyl groups excluding tert-OH is 2. The minimum absolute atomic E-state index is 0.0320. The molecular formula is C45H74N7O17P3S. The van der Waals surface area contributed by atoms with Gasteiger partial charge in [0.2, 0.25) is 11.8 Å². The highest BCUT2D eigenvalue weighted by molar-refractivity contribution is 8.13. The summed E-state index contributed by atoms with van der Waals surface area (Å²) < 4.78 is 62.5. The van der Waals surface area contributed by atoms with E-state index in [1.54, 1.807) is 0 Å². The molecule has 0 bridgehead atoms. The van der Waals surface area contributed by atoms with Crippen LogP contribution in [0.4, 0.5) is 5.82 Å². The number of allylic oxidation sites excluding steroid dienone is 8. The molecule has 0 spiro atoms. The van der Waals surface area contributed by atoms with E-state index in [0.29, 0.717) is 12.2 Å². The van der Waals surface area contributed by atoms with Gasteiger partial charge in [0.1, 0.15) is 36.3 Å². The molecule has 0 aliphatic carbocycles. The number of ether oxygens (including phenoxy) is 1. The maximum absolute atomic E-state index is 12.8. The van der Waals surface area contributed by atoms with Crippen molar-refractivity contribution in [2.75, 3.05) is 37.8 Å². The zero-order chi connectivity index (χ0) is 53.9. The van der Waals surface area contributed by atoms with Crippen LogP contribution in [0.3, 0.4) is 0 Å². The second kappa shape index (κ2) is 32.8. The van der Waals surface area contributed by atoms with Crippen molar-refractivity contribution in [3.05, 3.63) is 61.3 Å². The molecule has 2 amide bonds. The van der Waals surface area contributed by atoms with E-state index >= 15 is 0 Å². The van der Waals surface area contributed by atoms with E-state index in [0.717, 1.165) is 86.8 Å². The summed E-state index contributed by atoms with van der Waals surface area (Å²) in [6.07, 6.45) is 25.3. The Labute approximate surface area is 430 Å². The molecule has 28 heteroatoms. The van der Waals surface area contributed by atoms with Crippen molar-refractivity contribution in [2.45, 2.75) is 148 Å². The van der Waals surface area contributed by atoms with Crippen LogP contribution in [-0.2, 0) is 50.7 Å². The fourth-order valence-electron chi connectivity index (χ4n) is 7.06. The Balaban J connectivity index is 1.24. The number of aliphatic hydroxyl groups is 2. The quantitative estimate of drug-likeness (QED) is 0.0201. The minimum Gasteiger partial charge on any atom is -0.386 e. The van der Waals surface area contributed by atoms with Crippen molar-refractivity contribution in [1.29, 1.82) is 0 Å². The Bertz CT molecular complexity index is 2300. The number of phosphoric ester groups is 3. The van der Waals surface area contributed by atoms with Crippen molar-refractivity contribution >= 4 is 69.1 Å². The molecule has 0 aromatic carbocycles. The van der Waals surface area contributed by atoms with Crippen LogP contribution in [-0.4, -0.2) is 123 Å². The first-order valence-corrected chi connectivity index (χ1v) is 29.7. The topological polar surface area (TPSA) is 364 Å². The molecule has 3 rings (SSSR count). The lowest BCUT2D eigenvalue weighted by molar-refractivity contribution is -0.137. The van der Waals surface area contributed by atoms with Gasteiger partial charge < -0.3 is 50.9 Å². The van der Waals surface area contributed by atoms with Gasteiger partial charge in [-0.3, -0.25) is 32.5 Å². The maximum atomic E-state index is 12.8. The average molecular weight is 1110 g/mol. The van der Waals surface area contributed by atoms with E-state index in [4.69, 9.17) is 19.5 Å². The number of carbonyl (C=O) groups excluding carboxylic acids is 3. The van der Waals surface area contributed by atoms with Crippen LogP contribution in [0.25, 0.3) is 11.2 Å². The zero-order valence-corrected chi connectivity index (χ0v) is 45.1. The van der Waals surface area contributed by atoms with Gasteiger partial charge in [-0.1, -0.05) is 120 Å². The number of anilines is 1. The average Bonchev–Trinajstić information content (AvgIpc) is 3.88. The summed E-state index contributed by atoms with van der Waals surface area (Å²) in [5.74, 6) is -1.04. The smallest absolute Gasteiger partial charge is 0.386 e. The molecule has 1 saturated heterocycles. The first-order chi connectivity index (χ1) is 34.6. The highest BCUT2D eigenvalue weighted by Crippen LogP contribution is 2.61. The summed E-state index contributed by atoms with van der Waals surface area (Å²) in [6.45, 7) is 2.69. The van der Waals surface area contributed by atoms with E-state index in [9.17, 15) is 57.9 Å². The summed E-state index contributed by atoms with van der Waals surface area (Å²) >= 11 is 1.15. The molecule has 0 saturated carbocycles. The molecule has 24 nitrogen and oxygen atoms in total. The van der Waals surface area contributed by atoms with Gasteiger partial charge in [0, 0.05) is 37.1 Å². The second-order valence-electron chi connectivity index (χ2n) is 17.7. The second-order valence-corrected chi connectivity index (χ2v) is 23.0. The van der Waals surface area contributed by atoms with Gasteiger partial charge in [-0.05, 0) is 44.9 Å². The number of phosphoric acid groups is 3. The van der Waals surface area contributed by atoms with Gasteiger partial charge in [0.05, 0.1) is 19.5 Å². The maximum Gasteiger partial charge on any atom is 0.481 e. The SMILES string of the molecule is CC/C=C\C/C=C\C/C=C\C/C=C\CCCCCCCCCCC(=O)SCCNC(=O)CCNC(=O)[C@H](O)C(C)(C)COP(=O)(O)OP(=O)(O)OC[C@H]1O[C@@H](n2cnc3c(N)ncnc32)[C@H](O)[C@@H]1OP(=O)(O)O. The predicted octanol–water partition coefficient (Wildman–Crippen LogP) is 6.37. The van der Waals surface area contributed by atoms with E-state index in [1.807, 2.05) is 0 Å². The summed E-state index contributed by atoms with van der Waals surface area (Å²) in [5.41, 5.74) is 4.28. The van der Waals surface area contributed by atoms with Gasteiger partial charge in [-0.2, -0.15) is 4.31 Å². The Morgan fingerprint density at radius 3 is 2.08 bits per heavy atom. The predicted molar refractivity (Wildman–Crippen MR) is 274 cm³/mol. The van der Waals surface area contributed by atoms with Gasteiger partial charge in [0.15, 0.2) is 22.8 Å². The summed E-state index contributed by atoms with van der Waals surface area (Å²) in [6, 6.07) is 0. The standard InChI is InChI=1S/C45H74N7O17P3S/c1-4-5-6-7-8-9-10-11-12-13-14-15-16-17-18-19-20-21-22-23-24-25-36(54)73-29-28-47-35(53)26-27-48-43(57)40(56)45(2,3)31-66-72(63,64)69-71(61,62)65-30-34-39(68-70(58,59)60)38(55)44(67-34)52-33-51-37-41(46)49-32-50-42(37)52/h5-6,8-9,11-12,14-15,32-34,38-40,44,55-56H,4,7,10,13,16-31H2,1-3H3,(H,47,53)(H,48,57)(H,61,62)(H,63,64)(H2,46,49,50)(H2,58,59,60)/b6-5-,9-8-,12-11-,15-14-/t34-,38-,39-,40+,44-/m1/s1. The monoisotopic (exact) mass is 1110 g/mol. The highest BCUT2D eigenvalue weighted by Gasteiger charge is 2.50. The van der Waals surface area contributed by atoms with Crippen molar-refractivity contribution in [2.24, 2.45) is 5.41 Å². The van der Waals surface area contributed by atoms with Crippen LogP contribution in [0.15, 0.2) is 61.3 Å². The third-order valence-corrected chi connectivity index (χ3v) is 15.0. The lowest BCUT2D eigenvalue weighted by Gasteiger charge is -2.30. The molecule has 2 unspecified atom stereocenters. The molecular weight excluding hydrogens is 1040 g/mol. The molecule has 412 valence electrons. The molecule has 3 heterocycles. The third kappa shape index (κ3) is 25.3. The van der Waals surface area contributed by atoms with Crippen LogP contribution in [0.5, 0.6) is 0 Å². The first kappa shape index (κ1) is 63.8. The highest BCUT2D eigenvalue weighted by atomic mass is 32.2. The first-order valence-electron chi connectivity index (χ1n) is 24.2. The Kier molecular flexibility index (Phi) is 28.7. The molecule has 2 aromatic rings. The van der Waals surface area contributed by atoms with E-state index in [2.05, 4.69) is 90.0 Å². The van der Waals surface area contributed by atoms with Crippen LogP contribution in [0.1, 0.15) is 123 Å². The Morgan fingerprint density at radius 1 is 0.836 bits per heavy atom. The number of nitrogens with two attached hydrogens (primary N) is 1. The minimum atomic E-state index is -5.58. The lowest BCUT2D eigenvalue weighted by Crippen LogP contribution is -2.46. The number of fused-ring (bicyclic) bond motifs is 1. The molecule has 10 N–H and O–H groups in total. The fourth-order valence-corrected chi connectivity index (χ4v) is 10.6. The number of hydrogen-bond acceptors (Lipinski definition) is 18. The summed E-state index contributed by atoms with van der Waals surface area (Å²) in [4.78, 5) is 88.5. The molecule has 0 radical (unpaired) electrons. The fraction of sp³-hybridized carbons (Fsp3) is 0.644. The normalized spacial score (nSPS) is 19.8. The number of imidazole rings is 1. The zero-order valence-electron chi connectivity index (χ0n) is 41.6. The Morgan fingerprint density at radius 2 is 1.44 bits per heavy atom. The third-order valence-electron chi connectivity index (χ3n) is 11.0. The van der Waals surface area contributed by atoms with Gasteiger partial charge in [-0.25, -0.2) is 28.6 Å². The number of carbonyl (C=O) groups is 3. The molecule has 1 aliphatic heterocycles. The van der Waals surface area contributed by atoms with Gasteiger partial charge in [0.25, 0.3) is 0 Å². The number of hydrogen-bond donors (Lipinski definition) is 9. The number of amides is 2. The molecule has 1 fully saturated rings. The number of aromatic nitrogens is 4. The largest absolute Gasteiger partial charge is 0.481 e. The van der Waals surface area contributed by atoms with Crippen LogP contribution in [0, 0.1) is 5.41 Å². The molecule has 73 heavy (non-hydrogen) atoms. The van der Waals surface area contributed by atoms with Crippen LogP contribution >= 0.6 is 35.2 Å². The Hall–Kier alpha value is -3.48. The van der Waals surface area contributed by atoms with E-state index in [-0.39, 0.29) is 41.6 Å². The number of nitrogens with zero attached hydrogens (tertiary/aromatic N) is 4. The lowest BCUT2D eigenvalue weighted by atomic mass is 9.87. The van der Waals surface area contributed by atoms with Gasteiger partial charge >= 0.3 is 23.5 Å². The number of nitrogen functional groups attached to an aromatic ring is 1. The van der Waals surface area contributed by atoms with Gasteiger partial charge in [-0.15, -0.1) is 0 Å². The van der Waals surface area contributed by atoms with Crippen LogP contribution < -0.4 is 16.4 Å². The molecule has 1 aliphatic rings. The molecule has 2 aromatic heterocycles. The van der Waals surface area contributed by atoms with Crippen molar-refractivity contribution in [3.63, 3.8) is 0 Å². The molecule has 7 atom stereocenters. The van der Waals surface area contributed by atoms with E-state index in [1.165, 1.54) is 39.5 Å². The van der Waals surface area contributed by atoms with Crippen molar-refractivity contribution < 1.29 is 80.5 Å².